The van der Waals surface area contributed by atoms with Gasteiger partial charge < -0.3 is 10.6 Å². The number of hydrogen-bond acceptors (Lipinski definition) is 2. The Morgan fingerprint density at radius 2 is 1.65 bits per heavy atom. The number of carbonyl (C=O) groups excluding carboxylic acids is 1. The van der Waals surface area contributed by atoms with E-state index < -0.39 is 0 Å². The van der Waals surface area contributed by atoms with E-state index in [4.69, 9.17) is 0 Å². The number of benzene rings is 1. The summed E-state index contributed by atoms with van der Waals surface area (Å²) in [6.07, 6.45) is 9.00. The highest BCUT2D eigenvalue weighted by atomic mass is 16.2. The number of amides is 1. The molecule has 1 fully saturated rings. The summed E-state index contributed by atoms with van der Waals surface area (Å²) >= 11 is 0. The maximum absolute atomic E-state index is 12.2. The molecule has 0 spiro atoms. The molecule has 1 aliphatic rings. The normalized spacial score (nSPS) is 18.9. The van der Waals surface area contributed by atoms with Crippen LogP contribution in [0.25, 0.3) is 0 Å². The molecular weight excluding hydrogens is 248 g/mol. The van der Waals surface area contributed by atoms with Gasteiger partial charge in [0.2, 0.25) is 5.91 Å². The second kappa shape index (κ2) is 8.05. The quantitative estimate of drug-likeness (QED) is 0.878. The van der Waals surface area contributed by atoms with Crippen molar-refractivity contribution >= 4 is 11.6 Å². The Bertz CT molecular complexity index is 397. The fourth-order valence-electron chi connectivity index (χ4n) is 2.82. The minimum Gasteiger partial charge on any atom is -0.325 e. The summed E-state index contributed by atoms with van der Waals surface area (Å²) in [6, 6.07) is 10.0. The summed E-state index contributed by atoms with van der Waals surface area (Å²) in [5.74, 6) is 0.0539. The summed E-state index contributed by atoms with van der Waals surface area (Å²) < 4.78 is 0. The van der Waals surface area contributed by atoms with Gasteiger partial charge >= 0.3 is 0 Å². The monoisotopic (exact) mass is 274 g/mol. The molecule has 0 radical (unpaired) electrons. The zero-order chi connectivity index (χ0) is 14.2. The molecule has 1 amide bonds. The van der Waals surface area contributed by atoms with Gasteiger partial charge in [0.1, 0.15) is 0 Å². The maximum atomic E-state index is 12.2. The second-order valence-electron chi connectivity index (χ2n) is 5.79. The molecule has 1 aromatic carbocycles. The first-order valence-corrected chi connectivity index (χ1v) is 7.87. The fourth-order valence-corrected chi connectivity index (χ4v) is 2.82. The van der Waals surface area contributed by atoms with E-state index >= 15 is 0 Å². The summed E-state index contributed by atoms with van der Waals surface area (Å²) in [4.78, 5) is 12.2. The van der Waals surface area contributed by atoms with Gasteiger partial charge in [-0.1, -0.05) is 50.3 Å². The predicted octanol–water partition coefficient (Wildman–Crippen LogP) is 3.72. The van der Waals surface area contributed by atoms with E-state index in [2.05, 4.69) is 10.6 Å². The smallest absolute Gasteiger partial charge is 0.241 e. The van der Waals surface area contributed by atoms with Gasteiger partial charge in [0.15, 0.2) is 0 Å². The molecular formula is C17H26N2O. The van der Waals surface area contributed by atoms with Crippen LogP contribution >= 0.6 is 0 Å². The zero-order valence-electron chi connectivity index (χ0n) is 12.4. The molecule has 20 heavy (non-hydrogen) atoms. The van der Waals surface area contributed by atoms with Gasteiger partial charge in [-0.15, -0.1) is 0 Å². The van der Waals surface area contributed by atoms with Gasteiger partial charge in [0.25, 0.3) is 0 Å². The van der Waals surface area contributed by atoms with Gasteiger partial charge in [-0.3, -0.25) is 4.79 Å². The Morgan fingerprint density at radius 3 is 2.30 bits per heavy atom. The van der Waals surface area contributed by atoms with Crippen LogP contribution < -0.4 is 10.6 Å². The van der Waals surface area contributed by atoms with Crippen molar-refractivity contribution in [3.8, 4) is 0 Å². The van der Waals surface area contributed by atoms with Crippen molar-refractivity contribution in [2.45, 2.75) is 64.0 Å². The van der Waals surface area contributed by atoms with Crippen molar-refractivity contribution in [3.63, 3.8) is 0 Å². The first kappa shape index (κ1) is 15.0. The van der Waals surface area contributed by atoms with Crippen molar-refractivity contribution in [2.24, 2.45) is 0 Å². The van der Waals surface area contributed by atoms with E-state index in [0.29, 0.717) is 6.04 Å². The van der Waals surface area contributed by atoms with Gasteiger partial charge in [-0.05, 0) is 31.9 Å². The molecule has 0 aliphatic heterocycles. The van der Waals surface area contributed by atoms with E-state index in [1.165, 1.54) is 44.9 Å². The van der Waals surface area contributed by atoms with Crippen LogP contribution in [0.1, 0.15) is 51.9 Å². The van der Waals surface area contributed by atoms with Crippen LogP contribution in [0.2, 0.25) is 0 Å². The molecule has 0 unspecified atom stereocenters. The Labute approximate surface area is 122 Å². The van der Waals surface area contributed by atoms with Crippen LogP contribution in [-0.2, 0) is 4.79 Å². The Morgan fingerprint density at radius 1 is 1.05 bits per heavy atom. The first-order valence-electron chi connectivity index (χ1n) is 7.87. The van der Waals surface area contributed by atoms with Crippen molar-refractivity contribution in [3.05, 3.63) is 30.3 Å². The third kappa shape index (κ3) is 4.97. The molecule has 110 valence electrons. The second-order valence-corrected chi connectivity index (χ2v) is 5.79. The minimum absolute atomic E-state index is 0.0539. The van der Waals surface area contributed by atoms with Crippen LogP contribution in [0.15, 0.2) is 30.3 Å². The number of hydrogen-bond donors (Lipinski definition) is 2. The molecule has 1 atom stereocenters. The lowest BCUT2D eigenvalue weighted by Gasteiger charge is -2.24. The molecule has 0 aromatic heterocycles. The fraction of sp³-hybridized carbons (Fsp3) is 0.588. The summed E-state index contributed by atoms with van der Waals surface area (Å²) in [5, 5.41) is 6.45. The molecule has 3 heteroatoms. The number of carbonyl (C=O) groups is 1. The van der Waals surface area contributed by atoms with E-state index in [-0.39, 0.29) is 11.9 Å². The molecule has 0 bridgehead atoms. The summed E-state index contributed by atoms with van der Waals surface area (Å²) in [5.41, 5.74) is 0.865. The average molecular weight is 274 g/mol. The van der Waals surface area contributed by atoms with Crippen molar-refractivity contribution < 1.29 is 4.79 Å². The Kier molecular flexibility index (Phi) is 6.06. The molecule has 2 rings (SSSR count). The molecule has 1 saturated carbocycles. The zero-order valence-corrected chi connectivity index (χ0v) is 12.4. The lowest BCUT2D eigenvalue weighted by atomic mass is 9.96. The van der Waals surface area contributed by atoms with Gasteiger partial charge in [0.05, 0.1) is 6.04 Å². The standard InChI is InChI=1S/C17H26N2O/c1-14(17(20)19-16-12-8-5-9-13-16)18-15-10-6-3-2-4-7-11-15/h5,8-9,12-15,18H,2-4,6-7,10-11H2,1H3,(H,19,20)/t14-/m0/s1. The van der Waals surface area contributed by atoms with Crippen molar-refractivity contribution in [2.75, 3.05) is 5.32 Å². The third-order valence-electron chi connectivity index (χ3n) is 4.03. The third-order valence-corrected chi connectivity index (χ3v) is 4.03. The molecule has 3 nitrogen and oxygen atoms in total. The summed E-state index contributed by atoms with van der Waals surface area (Å²) in [6.45, 7) is 1.96. The van der Waals surface area contributed by atoms with E-state index in [1.807, 2.05) is 37.3 Å². The highest BCUT2D eigenvalue weighted by Crippen LogP contribution is 2.17. The maximum Gasteiger partial charge on any atom is 0.241 e. The van der Waals surface area contributed by atoms with Crippen LogP contribution in [0, 0.1) is 0 Å². The number of rotatable bonds is 4. The Balaban J connectivity index is 1.80. The van der Waals surface area contributed by atoms with Crippen LogP contribution in [0.3, 0.4) is 0 Å². The molecule has 2 N–H and O–H groups in total. The van der Waals surface area contributed by atoms with Crippen molar-refractivity contribution in [1.29, 1.82) is 0 Å². The van der Waals surface area contributed by atoms with Gasteiger partial charge in [-0.2, -0.15) is 0 Å². The number of anilines is 1. The summed E-state index contributed by atoms with van der Waals surface area (Å²) in [7, 11) is 0. The average Bonchev–Trinajstić information content (AvgIpc) is 2.42. The SMILES string of the molecule is C[C@H](NC1CCCCCCC1)C(=O)Nc1ccccc1. The van der Waals surface area contributed by atoms with Crippen LogP contribution in [-0.4, -0.2) is 18.0 Å². The molecule has 0 saturated heterocycles. The largest absolute Gasteiger partial charge is 0.325 e. The lowest BCUT2D eigenvalue weighted by Crippen LogP contribution is -2.44. The highest BCUT2D eigenvalue weighted by molar-refractivity contribution is 5.94. The highest BCUT2D eigenvalue weighted by Gasteiger charge is 2.18. The van der Waals surface area contributed by atoms with Gasteiger partial charge in [0, 0.05) is 11.7 Å². The van der Waals surface area contributed by atoms with Crippen LogP contribution in [0.4, 0.5) is 5.69 Å². The number of para-hydroxylation sites is 1. The lowest BCUT2D eigenvalue weighted by molar-refractivity contribution is -0.118. The van der Waals surface area contributed by atoms with E-state index in [0.717, 1.165) is 5.69 Å². The molecule has 1 aromatic rings. The van der Waals surface area contributed by atoms with Gasteiger partial charge in [-0.25, -0.2) is 0 Å². The van der Waals surface area contributed by atoms with Crippen LogP contribution in [0.5, 0.6) is 0 Å². The molecule has 0 heterocycles. The first-order chi connectivity index (χ1) is 9.75. The minimum atomic E-state index is -0.139. The van der Waals surface area contributed by atoms with E-state index in [1.54, 1.807) is 0 Å². The topological polar surface area (TPSA) is 41.1 Å². The predicted molar refractivity (Wildman–Crippen MR) is 83.8 cm³/mol. The molecule has 1 aliphatic carbocycles. The van der Waals surface area contributed by atoms with E-state index in [9.17, 15) is 4.79 Å². The Hall–Kier alpha value is -1.35. The van der Waals surface area contributed by atoms with Crippen molar-refractivity contribution in [1.82, 2.24) is 5.32 Å². The number of nitrogens with one attached hydrogen (secondary N) is 2.